The normalized spacial score (nSPS) is 14.4. The zero-order chi connectivity index (χ0) is 17.6. The molecule has 0 spiro atoms. The first-order valence-corrected chi connectivity index (χ1v) is 8.26. The molecular weight excluding hydrogens is 320 g/mol. The van der Waals surface area contributed by atoms with Crippen molar-refractivity contribution in [3.05, 3.63) is 53.9 Å². The first-order valence-electron chi connectivity index (χ1n) is 8.26. The molecule has 1 saturated heterocycles. The molecule has 7 heteroatoms. The molecule has 1 amide bonds. The van der Waals surface area contributed by atoms with Crippen molar-refractivity contribution in [2.75, 3.05) is 31.1 Å². The van der Waals surface area contributed by atoms with Gasteiger partial charge in [-0.2, -0.15) is 0 Å². The number of carboxylic acid groups (broad SMARTS) is 1. The van der Waals surface area contributed by atoms with Gasteiger partial charge in [-0.1, -0.05) is 18.2 Å². The van der Waals surface area contributed by atoms with Crippen molar-refractivity contribution in [3.8, 4) is 0 Å². The lowest BCUT2D eigenvalue weighted by atomic mass is 10.0. The topological polar surface area (TPSA) is 86.6 Å². The molecule has 2 aromatic rings. The Bertz CT molecular complexity index is 743. The van der Waals surface area contributed by atoms with Gasteiger partial charge in [0.2, 0.25) is 11.9 Å². The number of aromatic nitrogens is 2. The van der Waals surface area contributed by atoms with Crippen LogP contribution < -0.4 is 4.90 Å². The third-order valence-electron chi connectivity index (χ3n) is 4.32. The van der Waals surface area contributed by atoms with Crippen LogP contribution in [0.4, 0.5) is 5.95 Å². The number of aromatic carboxylic acids is 1. The molecule has 0 saturated carbocycles. The predicted molar refractivity (Wildman–Crippen MR) is 92.5 cm³/mol. The first kappa shape index (κ1) is 16.9. The van der Waals surface area contributed by atoms with Gasteiger partial charge in [0.15, 0.2) is 0 Å². The quantitative estimate of drug-likeness (QED) is 0.887. The Hall–Kier alpha value is -2.96. The van der Waals surface area contributed by atoms with Crippen LogP contribution >= 0.6 is 0 Å². The third kappa shape index (κ3) is 4.12. The Morgan fingerprint density at radius 2 is 1.68 bits per heavy atom. The summed E-state index contributed by atoms with van der Waals surface area (Å²) >= 11 is 0. The molecule has 25 heavy (non-hydrogen) atoms. The number of aryl methyl sites for hydroxylation is 1. The van der Waals surface area contributed by atoms with E-state index in [2.05, 4.69) is 14.9 Å². The van der Waals surface area contributed by atoms with Crippen LogP contribution in [-0.2, 0) is 11.2 Å². The summed E-state index contributed by atoms with van der Waals surface area (Å²) in [6.45, 7) is 2.64. The second kappa shape index (κ2) is 7.74. The van der Waals surface area contributed by atoms with Crippen molar-refractivity contribution in [3.63, 3.8) is 0 Å². The molecule has 3 rings (SSSR count). The molecule has 2 heterocycles. The number of hydrogen-bond donors (Lipinski definition) is 1. The maximum Gasteiger partial charge on any atom is 0.335 e. The van der Waals surface area contributed by atoms with Crippen LogP contribution in [0, 0.1) is 0 Å². The maximum atomic E-state index is 12.4. The number of piperazine rings is 1. The number of rotatable bonds is 5. The lowest BCUT2D eigenvalue weighted by molar-refractivity contribution is -0.131. The number of hydrogen-bond acceptors (Lipinski definition) is 5. The lowest BCUT2D eigenvalue weighted by Gasteiger charge is -2.34. The Balaban J connectivity index is 1.53. The summed E-state index contributed by atoms with van der Waals surface area (Å²) in [5, 5.41) is 9.20. The minimum atomic E-state index is -0.959. The van der Waals surface area contributed by atoms with Gasteiger partial charge in [-0.25, -0.2) is 14.8 Å². The number of carboxylic acids is 1. The summed E-state index contributed by atoms with van der Waals surface area (Å²) < 4.78 is 0. The van der Waals surface area contributed by atoms with Crippen molar-refractivity contribution in [2.45, 2.75) is 12.8 Å². The van der Waals surface area contributed by atoms with E-state index in [9.17, 15) is 14.7 Å². The molecule has 0 unspecified atom stereocenters. The number of benzene rings is 1. The summed E-state index contributed by atoms with van der Waals surface area (Å²) in [5.74, 6) is -0.224. The highest BCUT2D eigenvalue weighted by Crippen LogP contribution is 2.14. The van der Waals surface area contributed by atoms with Crippen molar-refractivity contribution >= 4 is 17.8 Å². The summed E-state index contributed by atoms with van der Waals surface area (Å²) in [4.78, 5) is 36.0. The highest BCUT2D eigenvalue weighted by atomic mass is 16.4. The number of amides is 1. The average Bonchev–Trinajstić information content (AvgIpc) is 2.67. The van der Waals surface area contributed by atoms with Crippen LogP contribution in [0.2, 0.25) is 0 Å². The molecule has 0 aliphatic carbocycles. The highest BCUT2D eigenvalue weighted by molar-refractivity contribution is 5.89. The van der Waals surface area contributed by atoms with E-state index in [4.69, 9.17) is 0 Å². The summed E-state index contributed by atoms with van der Waals surface area (Å²) in [7, 11) is 0. The van der Waals surface area contributed by atoms with Crippen molar-refractivity contribution in [1.29, 1.82) is 0 Å². The van der Waals surface area contributed by atoms with Gasteiger partial charge in [0, 0.05) is 45.0 Å². The standard InChI is InChI=1S/C18H20N4O3/c23-16(7-6-14-4-1-2-5-15(14)17(24)25)21-10-12-22(13-11-21)18-19-8-3-9-20-18/h1-5,8-9H,6-7,10-13H2,(H,24,25). The van der Waals surface area contributed by atoms with Crippen molar-refractivity contribution in [1.82, 2.24) is 14.9 Å². The molecule has 0 bridgehead atoms. The molecular formula is C18H20N4O3. The smallest absolute Gasteiger partial charge is 0.335 e. The predicted octanol–water partition coefficient (Wildman–Crippen LogP) is 1.46. The van der Waals surface area contributed by atoms with E-state index in [0.29, 0.717) is 50.5 Å². The van der Waals surface area contributed by atoms with E-state index in [-0.39, 0.29) is 11.5 Å². The van der Waals surface area contributed by atoms with Gasteiger partial charge in [0.05, 0.1) is 5.56 Å². The van der Waals surface area contributed by atoms with Gasteiger partial charge < -0.3 is 14.9 Å². The molecule has 0 atom stereocenters. The molecule has 1 aromatic heterocycles. The number of carbonyl (C=O) groups is 2. The van der Waals surface area contributed by atoms with E-state index >= 15 is 0 Å². The Morgan fingerprint density at radius 3 is 2.36 bits per heavy atom. The molecule has 1 aliphatic heterocycles. The van der Waals surface area contributed by atoms with E-state index in [1.54, 1.807) is 42.7 Å². The number of anilines is 1. The second-order valence-electron chi connectivity index (χ2n) is 5.88. The van der Waals surface area contributed by atoms with Gasteiger partial charge in [-0.3, -0.25) is 4.79 Å². The van der Waals surface area contributed by atoms with Crippen molar-refractivity contribution in [2.24, 2.45) is 0 Å². The second-order valence-corrected chi connectivity index (χ2v) is 5.88. The molecule has 1 aliphatic rings. The van der Waals surface area contributed by atoms with Crippen LogP contribution in [0.3, 0.4) is 0 Å². The summed E-state index contributed by atoms with van der Waals surface area (Å²) in [6, 6.07) is 8.60. The fourth-order valence-electron chi connectivity index (χ4n) is 2.96. The molecule has 0 radical (unpaired) electrons. The van der Waals surface area contributed by atoms with Crippen LogP contribution in [0.5, 0.6) is 0 Å². The SMILES string of the molecule is O=C(O)c1ccccc1CCC(=O)N1CCN(c2ncccn2)CC1. The minimum Gasteiger partial charge on any atom is -0.478 e. The van der Waals surface area contributed by atoms with E-state index in [1.165, 1.54) is 0 Å². The fourth-order valence-corrected chi connectivity index (χ4v) is 2.96. The van der Waals surface area contributed by atoms with E-state index in [1.807, 2.05) is 4.90 Å². The molecule has 1 N–H and O–H groups in total. The summed E-state index contributed by atoms with van der Waals surface area (Å²) in [6.07, 6.45) is 4.16. The molecule has 7 nitrogen and oxygen atoms in total. The van der Waals surface area contributed by atoms with Gasteiger partial charge in [0.1, 0.15) is 0 Å². The molecule has 130 valence electrons. The Morgan fingerprint density at radius 1 is 1.00 bits per heavy atom. The third-order valence-corrected chi connectivity index (χ3v) is 4.32. The van der Waals surface area contributed by atoms with Crippen LogP contribution in [0.1, 0.15) is 22.3 Å². The lowest BCUT2D eigenvalue weighted by Crippen LogP contribution is -2.49. The highest BCUT2D eigenvalue weighted by Gasteiger charge is 2.22. The molecule has 1 aromatic carbocycles. The Labute approximate surface area is 145 Å². The fraction of sp³-hybridized carbons (Fsp3) is 0.333. The van der Waals surface area contributed by atoms with E-state index < -0.39 is 5.97 Å². The zero-order valence-corrected chi connectivity index (χ0v) is 13.8. The number of carbonyl (C=O) groups excluding carboxylic acids is 1. The van der Waals surface area contributed by atoms with Gasteiger partial charge in [0.25, 0.3) is 0 Å². The first-order chi connectivity index (χ1) is 12.1. The van der Waals surface area contributed by atoms with Crippen LogP contribution in [-0.4, -0.2) is 58.0 Å². The van der Waals surface area contributed by atoms with Gasteiger partial charge >= 0.3 is 5.97 Å². The zero-order valence-electron chi connectivity index (χ0n) is 13.8. The maximum absolute atomic E-state index is 12.4. The molecule has 1 fully saturated rings. The van der Waals surface area contributed by atoms with Crippen LogP contribution in [0.25, 0.3) is 0 Å². The van der Waals surface area contributed by atoms with Crippen molar-refractivity contribution < 1.29 is 14.7 Å². The largest absolute Gasteiger partial charge is 0.478 e. The number of nitrogens with zero attached hydrogens (tertiary/aromatic N) is 4. The van der Waals surface area contributed by atoms with Crippen LogP contribution in [0.15, 0.2) is 42.7 Å². The monoisotopic (exact) mass is 340 g/mol. The average molecular weight is 340 g/mol. The van der Waals surface area contributed by atoms with E-state index in [0.717, 1.165) is 0 Å². The van der Waals surface area contributed by atoms with Gasteiger partial charge in [-0.15, -0.1) is 0 Å². The van der Waals surface area contributed by atoms with Gasteiger partial charge in [-0.05, 0) is 24.1 Å². The summed E-state index contributed by atoms with van der Waals surface area (Å²) in [5.41, 5.74) is 0.959. The minimum absolute atomic E-state index is 0.0498. The Kier molecular flexibility index (Phi) is 5.23.